The van der Waals surface area contributed by atoms with Crippen LogP contribution in [0.5, 0.6) is 0 Å². The first-order chi connectivity index (χ1) is 12.5. The monoisotopic (exact) mass is 392 g/mol. The van der Waals surface area contributed by atoms with Crippen molar-refractivity contribution in [3.63, 3.8) is 0 Å². The van der Waals surface area contributed by atoms with E-state index in [0.29, 0.717) is 27.9 Å². The maximum absolute atomic E-state index is 12.2. The average molecular weight is 393 g/mol. The molecule has 0 saturated heterocycles. The van der Waals surface area contributed by atoms with E-state index in [1.807, 2.05) is 12.1 Å². The molecule has 0 fully saturated rings. The van der Waals surface area contributed by atoms with Crippen LogP contribution in [0.3, 0.4) is 0 Å². The van der Waals surface area contributed by atoms with Crippen LogP contribution in [0.1, 0.15) is 12.2 Å². The van der Waals surface area contributed by atoms with Crippen LogP contribution >= 0.6 is 11.6 Å². The van der Waals surface area contributed by atoms with Gasteiger partial charge in [0.15, 0.2) is 9.84 Å². The molecular weight excluding hydrogens is 376 g/mol. The molecule has 1 aromatic carbocycles. The highest BCUT2D eigenvalue weighted by atomic mass is 35.5. The van der Waals surface area contributed by atoms with Crippen molar-refractivity contribution in [2.24, 2.45) is 0 Å². The Labute approximate surface area is 156 Å². The fourth-order valence-electron chi connectivity index (χ4n) is 2.50. The zero-order valence-electron chi connectivity index (χ0n) is 13.8. The fourth-order valence-corrected chi connectivity index (χ4v) is 3.89. The quantitative estimate of drug-likeness (QED) is 0.639. The molecule has 2 N–H and O–H groups in total. The second kappa shape index (κ2) is 7.94. The van der Waals surface area contributed by atoms with Crippen LogP contribution < -0.4 is 0 Å². The van der Waals surface area contributed by atoms with E-state index in [-0.39, 0.29) is 24.5 Å². The number of rotatable bonds is 7. The molecule has 136 valence electrons. The lowest BCUT2D eigenvalue weighted by Gasteiger charge is -2.02. The van der Waals surface area contributed by atoms with E-state index < -0.39 is 9.84 Å². The van der Waals surface area contributed by atoms with Gasteiger partial charge in [0, 0.05) is 23.4 Å². The molecule has 0 aliphatic rings. The first-order valence-electron chi connectivity index (χ1n) is 7.91. The molecule has 0 aliphatic carbocycles. The van der Waals surface area contributed by atoms with Gasteiger partial charge in [-0.05, 0) is 24.6 Å². The van der Waals surface area contributed by atoms with E-state index in [1.54, 1.807) is 24.4 Å². The number of aromatic nitrogens is 4. The van der Waals surface area contributed by atoms with Crippen molar-refractivity contribution in [2.75, 3.05) is 12.4 Å². The number of aliphatic hydroxyl groups is 1. The van der Waals surface area contributed by atoms with E-state index in [9.17, 15) is 8.42 Å². The van der Waals surface area contributed by atoms with Crippen molar-refractivity contribution in [3.8, 4) is 22.6 Å². The van der Waals surface area contributed by atoms with Crippen molar-refractivity contribution in [1.82, 2.24) is 19.9 Å². The molecule has 3 rings (SSSR count). The van der Waals surface area contributed by atoms with Crippen molar-refractivity contribution >= 4 is 21.4 Å². The van der Waals surface area contributed by atoms with E-state index in [0.717, 1.165) is 5.56 Å². The Hall–Kier alpha value is -2.29. The van der Waals surface area contributed by atoms with E-state index in [2.05, 4.69) is 19.9 Å². The van der Waals surface area contributed by atoms with Crippen molar-refractivity contribution in [2.45, 2.75) is 12.2 Å². The van der Waals surface area contributed by atoms with E-state index >= 15 is 0 Å². The Balaban J connectivity index is 2.02. The highest BCUT2D eigenvalue weighted by Crippen LogP contribution is 2.30. The van der Waals surface area contributed by atoms with Crippen LogP contribution in [0.25, 0.3) is 22.6 Å². The molecule has 26 heavy (non-hydrogen) atoms. The minimum absolute atomic E-state index is 0.0939. The van der Waals surface area contributed by atoms with Crippen LogP contribution in [0.2, 0.25) is 5.02 Å². The highest BCUT2D eigenvalue weighted by molar-refractivity contribution is 7.90. The summed E-state index contributed by atoms with van der Waals surface area (Å²) in [5, 5.41) is 9.45. The molecule has 2 heterocycles. The molecular formula is C17H17ClN4O3S. The fraction of sp³-hybridized carbons (Fsp3) is 0.235. The summed E-state index contributed by atoms with van der Waals surface area (Å²) in [6, 6.07) is 8.83. The third kappa shape index (κ3) is 4.46. The SMILES string of the molecule is O=S(=O)(CCCO)Cc1nc(-c2ccc(Cl)cc2)c(-c2ccncn2)[nH]1. The lowest BCUT2D eigenvalue weighted by molar-refractivity contribution is 0.295. The zero-order chi connectivity index (χ0) is 18.6. The number of hydrogen-bond acceptors (Lipinski definition) is 6. The Morgan fingerprint density at radius 1 is 1.15 bits per heavy atom. The predicted molar refractivity (Wildman–Crippen MR) is 99.3 cm³/mol. The number of halogens is 1. The number of H-pyrrole nitrogens is 1. The summed E-state index contributed by atoms with van der Waals surface area (Å²) in [4.78, 5) is 15.7. The van der Waals surface area contributed by atoms with Crippen LogP contribution in [-0.2, 0) is 15.6 Å². The molecule has 0 radical (unpaired) electrons. The number of sulfone groups is 1. The van der Waals surface area contributed by atoms with Gasteiger partial charge in [0.05, 0.1) is 22.8 Å². The minimum Gasteiger partial charge on any atom is -0.396 e. The number of hydrogen-bond donors (Lipinski definition) is 2. The Kier molecular flexibility index (Phi) is 5.65. The van der Waals surface area contributed by atoms with Crippen molar-refractivity contribution in [3.05, 3.63) is 53.7 Å². The topological polar surface area (TPSA) is 109 Å². The number of aromatic amines is 1. The molecule has 0 aliphatic heterocycles. The number of aliphatic hydroxyl groups excluding tert-OH is 1. The second-order valence-electron chi connectivity index (χ2n) is 5.68. The van der Waals surface area contributed by atoms with Gasteiger partial charge in [0.1, 0.15) is 17.9 Å². The summed E-state index contributed by atoms with van der Waals surface area (Å²) in [6.45, 7) is -0.167. The molecule has 0 bridgehead atoms. The molecule has 9 heteroatoms. The first-order valence-corrected chi connectivity index (χ1v) is 10.1. The summed E-state index contributed by atoms with van der Waals surface area (Å²) >= 11 is 5.95. The third-order valence-electron chi connectivity index (χ3n) is 3.68. The molecule has 3 aromatic rings. The molecule has 0 atom stereocenters. The number of nitrogens with one attached hydrogen (secondary N) is 1. The summed E-state index contributed by atoms with van der Waals surface area (Å²) < 4.78 is 24.4. The minimum atomic E-state index is -3.38. The van der Waals surface area contributed by atoms with Gasteiger partial charge < -0.3 is 10.1 Å². The maximum atomic E-state index is 12.2. The number of benzene rings is 1. The molecule has 0 amide bonds. The Morgan fingerprint density at radius 2 is 1.92 bits per heavy atom. The van der Waals surface area contributed by atoms with Gasteiger partial charge in [0.2, 0.25) is 0 Å². The molecule has 0 spiro atoms. The summed E-state index contributed by atoms with van der Waals surface area (Å²) in [5.74, 6) is -0.0105. The van der Waals surface area contributed by atoms with Gasteiger partial charge in [-0.2, -0.15) is 0 Å². The van der Waals surface area contributed by atoms with Crippen LogP contribution in [0.4, 0.5) is 0 Å². The lowest BCUT2D eigenvalue weighted by Crippen LogP contribution is -2.11. The predicted octanol–water partition coefficient (Wildman–Crippen LogP) is 2.48. The van der Waals surface area contributed by atoms with Gasteiger partial charge >= 0.3 is 0 Å². The first kappa shape index (κ1) is 18.5. The van der Waals surface area contributed by atoms with Gasteiger partial charge in [-0.3, -0.25) is 0 Å². The van der Waals surface area contributed by atoms with E-state index in [1.165, 1.54) is 6.33 Å². The van der Waals surface area contributed by atoms with Crippen LogP contribution in [-0.4, -0.2) is 45.8 Å². The maximum Gasteiger partial charge on any atom is 0.157 e. The van der Waals surface area contributed by atoms with Gasteiger partial charge in [-0.25, -0.2) is 23.4 Å². The van der Waals surface area contributed by atoms with Gasteiger partial charge in [-0.15, -0.1) is 0 Å². The Morgan fingerprint density at radius 3 is 2.58 bits per heavy atom. The smallest absolute Gasteiger partial charge is 0.157 e. The largest absolute Gasteiger partial charge is 0.396 e. The second-order valence-corrected chi connectivity index (χ2v) is 8.30. The summed E-state index contributed by atoms with van der Waals surface area (Å²) in [7, 11) is -3.38. The highest BCUT2D eigenvalue weighted by Gasteiger charge is 2.19. The number of imidazole rings is 1. The van der Waals surface area contributed by atoms with Gasteiger partial charge in [-0.1, -0.05) is 23.7 Å². The van der Waals surface area contributed by atoms with Crippen LogP contribution in [0.15, 0.2) is 42.9 Å². The molecule has 0 saturated carbocycles. The Bertz CT molecular complexity index is 973. The zero-order valence-corrected chi connectivity index (χ0v) is 15.3. The van der Waals surface area contributed by atoms with E-state index in [4.69, 9.17) is 16.7 Å². The molecule has 7 nitrogen and oxygen atoms in total. The molecule has 2 aromatic heterocycles. The normalized spacial score (nSPS) is 11.6. The molecule has 0 unspecified atom stereocenters. The van der Waals surface area contributed by atoms with Crippen molar-refractivity contribution in [1.29, 1.82) is 0 Å². The van der Waals surface area contributed by atoms with Gasteiger partial charge in [0.25, 0.3) is 0 Å². The summed E-state index contributed by atoms with van der Waals surface area (Å²) in [5.41, 5.74) is 2.60. The summed E-state index contributed by atoms with van der Waals surface area (Å²) in [6.07, 6.45) is 3.22. The standard InChI is InChI=1S/C17H17ClN4O3S/c18-13-4-2-12(3-5-13)16-17(14-6-7-19-11-20-14)22-15(21-16)10-26(24,25)9-1-8-23/h2-7,11,23H,1,8-10H2,(H,21,22). The lowest BCUT2D eigenvalue weighted by atomic mass is 10.1. The number of nitrogens with zero attached hydrogens (tertiary/aromatic N) is 3. The average Bonchev–Trinajstić information content (AvgIpc) is 3.04. The van der Waals surface area contributed by atoms with Crippen molar-refractivity contribution < 1.29 is 13.5 Å². The third-order valence-corrected chi connectivity index (χ3v) is 5.55. The van der Waals surface area contributed by atoms with Crippen LogP contribution in [0, 0.1) is 0 Å².